The van der Waals surface area contributed by atoms with Gasteiger partial charge < -0.3 is 19.6 Å². The molecule has 1 aromatic carbocycles. The van der Waals surface area contributed by atoms with E-state index in [-0.39, 0.29) is 17.7 Å². The van der Waals surface area contributed by atoms with E-state index in [1.54, 1.807) is 12.1 Å². The van der Waals surface area contributed by atoms with E-state index < -0.39 is 43.9 Å². The van der Waals surface area contributed by atoms with Crippen molar-refractivity contribution in [3.05, 3.63) is 35.4 Å². The molecule has 0 aromatic heterocycles. The van der Waals surface area contributed by atoms with Crippen LogP contribution < -0.4 is 0 Å². The van der Waals surface area contributed by atoms with Crippen LogP contribution in [0.5, 0.6) is 0 Å². The number of fused-ring (bicyclic) bond motifs is 1. The van der Waals surface area contributed by atoms with Gasteiger partial charge >= 0.3 is 15.4 Å². The maximum Gasteiger partial charge on any atom is 0.470 e. The number of benzene rings is 1. The number of phosphoric ester groups is 1. The van der Waals surface area contributed by atoms with Gasteiger partial charge in [-0.05, 0) is 25.0 Å². The topological polar surface area (TPSA) is 162 Å². The van der Waals surface area contributed by atoms with Gasteiger partial charge in [0.25, 0.3) is 11.8 Å². The summed E-state index contributed by atoms with van der Waals surface area (Å²) >= 11 is 0. The minimum Gasteiger partial charge on any atom is -0.322 e. The molecule has 2 rings (SSSR count). The summed E-state index contributed by atoms with van der Waals surface area (Å²) in [7, 11) is -10.5. The van der Waals surface area contributed by atoms with Gasteiger partial charge in [0.05, 0.1) is 11.1 Å². The molecule has 10 nitrogen and oxygen atoms in total. The summed E-state index contributed by atoms with van der Waals surface area (Å²) in [5.41, 5.74) is -1.11. The fourth-order valence-electron chi connectivity index (χ4n) is 3.14. The average molecular weight is 435 g/mol. The first-order valence-electron chi connectivity index (χ1n) is 8.30. The van der Waals surface area contributed by atoms with E-state index in [0.29, 0.717) is 0 Å². The van der Waals surface area contributed by atoms with E-state index in [1.807, 2.05) is 0 Å². The van der Waals surface area contributed by atoms with Crippen LogP contribution in [0.2, 0.25) is 0 Å². The van der Waals surface area contributed by atoms with Crippen molar-refractivity contribution in [3.8, 4) is 0 Å². The van der Waals surface area contributed by atoms with E-state index >= 15 is 0 Å². The van der Waals surface area contributed by atoms with Crippen molar-refractivity contribution in [2.24, 2.45) is 11.3 Å². The summed E-state index contributed by atoms with van der Waals surface area (Å²) in [4.78, 5) is 64.0. The molecule has 1 aliphatic rings. The lowest BCUT2D eigenvalue weighted by atomic mass is 9.75. The monoisotopic (exact) mass is 435 g/mol. The number of hydrogen-bond donors (Lipinski definition) is 4. The largest absolute Gasteiger partial charge is 0.470 e. The van der Waals surface area contributed by atoms with Gasteiger partial charge in [-0.25, -0.2) is 4.57 Å². The molecule has 2 atom stereocenters. The zero-order valence-electron chi connectivity index (χ0n) is 15.8. The lowest BCUT2D eigenvalue weighted by molar-refractivity contribution is -0.0341. The van der Waals surface area contributed by atoms with Crippen LogP contribution in [0.3, 0.4) is 0 Å². The lowest BCUT2D eigenvalue weighted by Crippen LogP contribution is -2.50. The number of hydrogen-bond acceptors (Lipinski definition) is 5. The van der Waals surface area contributed by atoms with Crippen LogP contribution in [0, 0.1) is 11.3 Å². The van der Waals surface area contributed by atoms with Gasteiger partial charge in [-0.3, -0.25) is 23.6 Å². The molecule has 1 aromatic rings. The van der Waals surface area contributed by atoms with Crippen molar-refractivity contribution in [2.75, 3.05) is 6.54 Å². The van der Waals surface area contributed by atoms with Gasteiger partial charge in [0.2, 0.25) is 0 Å². The Hall–Kier alpha value is -1.38. The molecule has 0 saturated heterocycles. The van der Waals surface area contributed by atoms with E-state index in [0.717, 1.165) is 11.8 Å². The number of imide groups is 1. The van der Waals surface area contributed by atoms with Gasteiger partial charge in [0.15, 0.2) is 5.34 Å². The van der Waals surface area contributed by atoms with Crippen molar-refractivity contribution in [3.63, 3.8) is 0 Å². The van der Waals surface area contributed by atoms with Crippen LogP contribution >= 0.6 is 15.4 Å². The van der Waals surface area contributed by atoms with Crippen LogP contribution in [0.4, 0.5) is 0 Å². The van der Waals surface area contributed by atoms with Gasteiger partial charge in [0, 0.05) is 12.0 Å². The highest BCUT2D eigenvalue weighted by Gasteiger charge is 2.60. The number of phosphoric acid groups is 1. The molecular formula is C16H23NO9P2. The third kappa shape index (κ3) is 3.86. The summed E-state index contributed by atoms with van der Waals surface area (Å²) in [5, 5.41) is -2.57. The number of carbonyl (C=O) groups excluding carboxylic acids is 2. The fraction of sp³-hybridized carbons (Fsp3) is 0.500. The summed E-state index contributed by atoms with van der Waals surface area (Å²) in [5.74, 6) is -1.88. The van der Waals surface area contributed by atoms with E-state index in [4.69, 9.17) is 0 Å². The smallest absolute Gasteiger partial charge is 0.322 e. The van der Waals surface area contributed by atoms with Crippen LogP contribution in [0.1, 0.15) is 48.4 Å². The molecule has 0 fully saturated rings. The van der Waals surface area contributed by atoms with Crippen LogP contribution in [0.25, 0.3) is 0 Å². The van der Waals surface area contributed by atoms with E-state index in [2.05, 4.69) is 4.52 Å². The van der Waals surface area contributed by atoms with E-state index in [9.17, 15) is 38.3 Å². The second-order valence-electron chi connectivity index (χ2n) is 7.50. The Balaban J connectivity index is 2.37. The second kappa shape index (κ2) is 7.15. The molecule has 28 heavy (non-hydrogen) atoms. The summed E-state index contributed by atoms with van der Waals surface area (Å²) in [6, 6.07) is 6.23. The minimum absolute atomic E-state index is 0.223. The molecule has 156 valence electrons. The predicted molar refractivity (Wildman–Crippen MR) is 98.3 cm³/mol. The Bertz CT molecular complexity index is 868. The summed E-state index contributed by atoms with van der Waals surface area (Å²) in [6.07, 6.45) is 0. The molecular weight excluding hydrogens is 412 g/mol. The molecule has 0 aliphatic carbocycles. The Morgan fingerprint density at radius 2 is 1.43 bits per heavy atom. The normalized spacial score (nSPS) is 18.8. The quantitative estimate of drug-likeness (QED) is 0.370. The third-order valence-electron chi connectivity index (χ3n) is 5.61. The zero-order chi connectivity index (χ0) is 21.7. The van der Waals surface area contributed by atoms with Gasteiger partial charge in [-0.2, -0.15) is 0 Å². The average Bonchev–Trinajstić information content (AvgIpc) is 2.77. The molecule has 0 bridgehead atoms. The standard InChI is InChI=1S/C16H23NO9P2/c1-10(9-17-13(18)11-7-5-6-8-12(11)14(17)19)15(2,3)16(4,27(20,21)22)26-28(23,24)25/h5-8,10H,9H2,1-4H3,(H2,20,21,22)(H2,23,24,25). The SMILES string of the molecule is CC(CN1C(=O)c2ccccc2C1=O)C(C)(C)C(C)(OP(=O)(O)O)P(=O)(O)O. The molecule has 0 radical (unpaired) electrons. The maximum absolute atomic E-state index is 12.5. The second-order valence-corrected chi connectivity index (χ2v) is 10.6. The predicted octanol–water partition coefficient (Wildman–Crippen LogP) is 1.95. The van der Waals surface area contributed by atoms with Crippen LogP contribution in [0.15, 0.2) is 24.3 Å². The first-order valence-corrected chi connectivity index (χ1v) is 11.4. The summed E-state index contributed by atoms with van der Waals surface area (Å²) in [6.45, 7) is 4.90. The molecule has 0 saturated carbocycles. The minimum atomic E-state index is -5.27. The van der Waals surface area contributed by atoms with Crippen molar-refractivity contribution >= 4 is 27.2 Å². The Morgan fingerprint density at radius 3 is 1.79 bits per heavy atom. The molecule has 4 N–H and O–H groups in total. The number of nitrogens with zero attached hydrogens (tertiary/aromatic N) is 1. The van der Waals surface area contributed by atoms with Crippen molar-refractivity contribution < 1.29 is 42.8 Å². The first-order chi connectivity index (χ1) is 12.5. The Labute approximate surface area is 161 Å². The highest BCUT2D eigenvalue weighted by atomic mass is 31.2. The van der Waals surface area contributed by atoms with Gasteiger partial charge in [0.1, 0.15) is 0 Å². The lowest BCUT2D eigenvalue weighted by Gasteiger charge is -2.47. The zero-order valence-corrected chi connectivity index (χ0v) is 17.6. The van der Waals surface area contributed by atoms with Gasteiger partial charge in [-0.15, -0.1) is 0 Å². The van der Waals surface area contributed by atoms with Crippen molar-refractivity contribution in [2.45, 2.75) is 33.0 Å². The Kier molecular flexibility index (Phi) is 5.84. The summed E-state index contributed by atoms with van der Waals surface area (Å²) < 4.78 is 28.0. The Morgan fingerprint density at radius 1 is 1.00 bits per heavy atom. The first kappa shape index (κ1) is 22.9. The van der Waals surface area contributed by atoms with E-state index in [1.165, 1.54) is 32.9 Å². The molecule has 2 amide bonds. The maximum atomic E-state index is 12.5. The molecule has 1 heterocycles. The van der Waals surface area contributed by atoms with Crippen molar-refractivity contribution in [1.29, 1.82) is 0 Å². The number of rotatable bonds is 7. The molecule has 12 heteroatoms. The molecule has 1 aliphatic heterocycles. The fourth-order valence-corrected chi connectivity index (χ4v) is 5.56. The number of carbonyl (C=O) groups is 2. The van der Waals surface area contributed by atoms with Crippen LogP contribution in [-0.4, -0.2) is 48.2 Å². The van der Waals surface area contributed by atoms with Crippen molar-refractivity contribution in [1.82, 2.24) is 4.90 Å². The third-order valence-corrected chi connectivity index (χ3v) is 8.14. The highest BCUT2D eigenvalue weighted by Crippen LogP contribution is 2.66. The highest BCUT2D eigenvalue weighted by molar-refractivity contribution is 7.54. The van der Waals surface area contributed by atoms with Gasteiger partial charge in [-0.1, -0.05) is 32.9 Å². The molecule has 2 unspecified atom stereocenters. The number of amides is 2. The van der Waals surface area contributed by atoms with Crippen LogP contribution in [-0.2, 0) is 13.7 Å². The molecule has 0 spiro atoms.